The van der Waals surface area contributed by atoms with E-state index in [9.17, 15) is 4.79 Å². The molecule has 0 spiro atoms. The van der Waals surface area contributed by atoms with E-state index < -0.39 is 12.0 Å². The highest BCUT2D eigenvalue weighted by Crippen LogP contribution is 2.00. The molecular formula is C6H12ClNO2. The monoisotopic (exact) mass is 165 g/mol. The number of rotatable bonds is 5. The highest BCUT2D eigenvalue weighted by molar-refractivity contribution is 6.14. The first kappa shape index (κ1) is 9.72. The van der Waals surface area contributed by atoms with Crippen LogP contribution in [0.5, 0.6) is 0 Å². The van der Waals surface area contributed by atoms with Gasteiger partial charge in [0.1, 0.15) is 6.04 Å². The number of hydrogen-bond donors (Lipinski definition) is 2. The lowest BCUT2D eigenvalue weighted by atomic mass is 10.1. The van der Waals surface area contributed by atoms with Gasteiger partial charge in [0, 0.05) is 0 Å². The van der Waals surface area contributed by atoms with Crippen LogP contribution in [0.1, 0.15) is 26.2 Å². The van der Waals surface area contributed by atoms with Crippen LogP contribution in [0.3, 0.4) is 0 Å². The normalized spacial score (nSPS) is 13.0. The molecule has 0 aromatic rings. The van der Waals surface area contributed by atoms with Crippen LogP contribution in [-0.2, 0) is 4.79 Å². The average Bonchev–Trinajstić information content (AvgIpc) is 1.89. The van der Waals surface area contributed by atoms with Crippen LogP contribution in [0.15, 0.2) is 0 Å². The van der Waals surface area contributed by atoms with Gasteiger partial charge in [-0.1, -0.05) is 19.8 Å². The van der Waals surface area contributed by atoms with E-state index in [-0.39, 0.29) is 0 Å². The first-order valence-corrected chi connectivity index (χ1v) is 3.69. The zero-order valence-electron chi connectivity index (χ0n) is 5.93. The minimum absolute atomic E-state index is 0.593. The first-order chi connectivity index (χ1) is 4.72. The van der Waals surface area contributed by atoms with E-state index in [0.29, 0.717) is 6.42 Å². The van der Waals surface area contributed by atoms with Crippen LogP contribution in [-0.4, -0.2) is 17.1 Å². The van der Waals surface area contributed by atoms with Gasteiger partial charge in [0.25, 0.3) is 0 Å². The van der Waals surface area contributed by atoms with Gasteiger partial charge in [-0.2, -0.15) is 0 Å². The number of carboxylic acid groups (broad SMARTS) is 1. The Morgan fingerprint density at radius 1 is 1.80 bits per heavy atom. The lowest BCUT2D eigenvalue weighted by Gasteiger charge is -2.06. The summed E-state index contributed by atoms with van der Waals surface area (Å²) in [5.41, 5.74) is 0. The molecule has 0 aromatic carbocycles. The van der Waals surface area contributed by atoms with Gasteiger partial charge in [-0.3, -0.25) is 4.79 Å². The Morgan fingerprint density at radius 3 is 2.70 bits per heavy atom. The Balaban J connectivity index is 3.50. The van der Waals surface area contributed by atoms with Gasteiger partial charge in [-0.25, -0.2) is 4.84 Å². The standard InChI is InChI=1S/C6H12ClNO2/c1-2-3-4-5(8-7)6(9)10/h5,8H,2-4H2,1H3,(H,9,10)/t5-/m0/s1. The molecule has 0 saturated carbocycles. The third kappa shape index (κ3) is 3.69. The molecule has 0 rings (SSSR count). The van der Waals surface area contributed by atoms with E-state index in [0.717, 1.165) is 12.8 Å². The van der Waals surface area contributed by atoms with Gasteiger partial charge in [0.2, 0.25) is 0 Å². The Labute approximate surface area is 65.5 Å². The van der Waals surface area contributed by atoms with E-state index in [1.807, 2.05) is 6.92 Å². The van der Waals surface area contributed by atoms with Gasteiger partial charge in [0.05, 0.1) is 0 Å². The smallest absolute Gasteiger partial charge is 0.321 e. The van der Waals surface area contributed by atoms with E-state index in [4.69, 9.17) is 16.9 Å². The van der Waals surface area contributed by atoms with Crippen molar-refractivity contribution in [3.63, 3.8) is 0 Å². The first-order valence-electron chi connectivity index (χ1n) is 3.31. The summed E-state index contributed by atoms with van der Waals surface area (Å²) >= 11 is 5.17. The average molecular weight is 166 g/mol. The molecule has 4 heteroatoms. The maximum Gasteiger partial charge on any atom is 0.321 e. The molecule has 0 saturated heterocycles. The second kappa shape index (κ2) is 5.50. The summed E-state index contributed by atoms with van der Waals surface area (Å²) in [4.78, 5) is 12.5. The van der Waals surface area contributed by atoms with Gasteiger partial charge < -0.3 is 5.11 Å². The van der Waals surface area contributed by atoms with Crippen LogP contribution < -0.4 is 4.84 Å². The summed E-state index contributed by atoms with van der Waals surface area (Å²) < 4.78 is 0. The van der Waals surface area contributed by atoms with Crippen molar-refractivity contribution < 1.29 is 9.90 Å². The van der Waals surface area contributed by atoms with Crippen molar-refractivity contribution in [1.29, 1.82) is 0 Å². The van der Waals surface area contributed by atoms with E-state index in [1.165, 1.54) is 0 Å². The van der Waals surface area contributed by atoms with Gasteiger partial charge in [0.15, 0.2) is 0 Å². The number of nitrogens with one attached hydrogen (secondary N) is 1. The van der Waals surface area contributed by atoms with Gasteiger partial charge >= 0.3 is 5.97 Å². The third-order valence-corrected chi connectivity index (χ3v) is 1.54. The molecule has 0 radical (unpaired) electrons. The lowest BCUT2D eigenvalue weighted by molar-refractivity contribution is -0.139. The van der Waals surface area contributed by atoms with Crippen molar-refractivity contribution >= 4 is 17.7 Å². The largest absolute Gasteiger partial charge is 0.480 e. The molecular weight excluding hydrogens is 154 g/mol. The van der Waals surface area contributed by atoms with Crippen molar-refractivity contribution in [1.82, 2.24) is 4.84 Å². The predicted octanol–water partition coefficient (Wildman–Crippen LogP) is 1.37. The SMILES string of the molecule is CCCC[C@H](NCl)C(=O)O. The van der Waals surface area contributed by atoms with Crippen LogP contribution >= 0.6 is 11.8 Å². The molecule has 0 heterocycles. The molecule has 0 unspecified atom stereocenters. The molecule has 60 valence electrons. The maximum atomic E-state index is 10.3. The van der Waals surface area contributed by atoms with Crippen LogP contribution in [0, 0.1) is 0 Å². The lowest BCUT2D eigenvalue weighted by Crippen LogP contribution is -2.30. The second-order valence-corrected chi connectivity index (χ2v) is 2.36. The molecule has 0 fully saturated rings. The fourth-order valence-corrected chi connectivity index (χ4v) is 0.835. The number of unbranched alkanes of at least 4 members (excludes halogenated alkanes) is 1. The summed E-state index contributed by atoms with van der Waals surface area (Å²) in [6.07, 6.45) is 2.47. The van der Waals surface area contributed by atoms with Crippen molar-refractivity contribution in [2.24, 2.45) is 0 Å². The van der Waals surface area contributed by atoms with Crippen LogP contribution in [0.2, 0.25) is 0 Å². The summed E-state index contributed by atoms with van der Waals surface area (Å²) in [6.45, 7) is 2.01. The topological polar surface area (TPSA) is 49.3 Å². The van der Waals surface area contributed by atoms with E-state index >= 15 is 0 Å². The molecule has 0 bridgehead atoms. The van der Waals surface area contributed by atoms with Crippen molar-refractivity contribution in [3.8, 4) is 0 Å². The number of aliphatic carboxylic acids is 1. The Morgan fingerprint density at radius 2 is 2.40 bits per heavy atom. The molecule has 2 N–H and O–H groups in total. The molecule has 0 aromatic heterocycles. The fraction of sp³-hybridized carbons (Fsp3) is 0.833. The van der Waals surface area contributed by atoms with Gasteiger partial charge in [-0.15, -0.1) is 0 Å². The molecule has 0 aliphatic rings. The Kier molecular flexibility index (Phi) is 5.35. The highest BCUT2D eigenvalue weighted by Gasteiger charge is 2.13. The van der Waals surface area contributed by atoms with Crippen molar-refractivity contribution in [3.05, 3.63) is 0 Å². The fourth-order valence-electron chi connectivity index (χ4n) is 0.633. The molecule has 10 heavy (non-hydrogen) atoms. The zero-order valence-corrected chi connectivity index (χ0v) is 6.69. The van der Waals surface area contributed by atoms with Crippen LogP contribution in [0.4, 0.5) is 0 Å². The summed E-state index contributed by atoms with van der Waals surface area (Å²) in [5.74, 6) is -0.886. The molecule has 0 aliphatic carbocycles. The number of halogens is 1. The highest BCUT2D eigenvalue weighted by atomic mass is 35.5. The summed E-state index contributed by atoms with van der Waals surface area (Å²) in [6, 6.07) is -0.596. The van der Waals surface area contributed by atoms with Crippen molar-refractivity contribution in [2.75, 3.05) is 0 Å². The van der Waals surface area contributed by atoms with Crippen LogP contribution in [0.25, 0.3) is 0 Å². The van der Waals surface area contributed by atoms with Gasteiger partial charge in [-0.05, 0) is 18.2 Å². The van der Waals surface area contributed by atoms with Crippen molar-refractivity contribution in [2.45, 2.75) is 32.2 Å². The third-order valence-electron chi connectivity index (χ3n) is 1.28. The second-order valence-electron chi connectivity index (χ2n) is 2.14. The quantitative estimate of drug-likeness (QED) is 0.605. The molecule has 0 amide bonds. The molecule has 1 atom stereocenters. The number of carboxylic acids is 1. The molecule has 0 aliphatic heterocycles. The maximum absolute atomic E-state index is 10.3. The minimum Gasteiger partial charge on any atom is -0.480 e. The van der Waals surface area contributed by atoms with E-state index in [2.05, 4.69) is 4.84 Å². The zero-order chi connectivity index (χ0) is 7.98. The number of carbonyl (C=O) groups is 1. The molecule has 3 nitrogen and oxygen atoms in total. The Hall–Kier alpha value is -0.280. The predicted molar refractivity (Wildman–Crippen MR) is 39.9 cm³/mol. The summed E-state index contributed by atoms with van der Waals surface area (Å²) in [7, 11) is 0. The minimum atomic E-state index is -0.886. The Bertz CT molecular complexity index is 108. The van der Waals surface area contributed by atoms with E-state index in [1.54, 1.807) is 0 Å². The number of hydrogen-bond acceptors (Lipinski definition) is 2. The summed E-state index contributed by atoms with van der Waals surface area (Å²) in [5, 5.41) is 8.45.